The first kappa shape index (κ1) is 17.4. The fraction of sp³-hybridized carbons (Fsp3) is 0.571. The first-order valence-corrected chi connectivity index (χ1v) is 10.7. The molecule has 1 atom stereocenters. The first-order valence-electron chi connectivity index (χ1n) is 7.30. The smallest absolute Gasteiger partial charge is 0.241 e. The minimum atomic E-state index is -3.82. The predicted octanol–water partition coefficient (Wildman–Crippen LogP) is 0.758. The second-order valence-electron chi connectivity index (χ2n) is 5.62. The van der Waals surface area contributed by atoms with E-state index in [0.717, 1.165) is 38.6 Å². The maximum absolute atomic E-state index is 12.4. The molecule has 2 N–H and O–H groups in total. The SMILES string of the molecule is CS(=O)(=O)c1ccccc1S(=O)(=O)NCC[C@@H]1CCCNC1. The Bertz CT molecular complexity index is 708. The van der Waals surface area contributed by atoms with Crippen molar-refractivity contribution in [3.05, 3.63) is 24.3 Å². The number of benzene rings is 1. The molecule has 124 valence electrons. The Balaban J connectivity index is 2.07. The van der Waals surface area contributed by atoms with Crippen LogP contribution < -0.4 is 10.0 Å². The lowest BCUT2D eigenvalue weighted by atomic mass is 9.96. The summed E-state index contributed by atoms with van der Waals surface area (Å²) in [7, 11) is -7.42. The minimum Gasteiger partial charge on any atom is -0.316 e. The summed E-state index contributed by atoms with van der Waals surface area (Å²) in [6.45, 7) is 2.23. The number of hydrogen-bond acceptors (Lipinski definition) is 5. The molecule has 2 rings (SSSR count). The van der Waals surface area contributed by atoms with Gasteiger partial charge in [-0.05, 0) is 50.4 Å². The lowest BCUT2D eigenvalue weighted by Gasteiger charge is -2.22. The molecule has 0 spiro atoms. The number of sulfone groups is 1. The highest BCUT2D eigenvalue weighted by atomic mass is 32.2. The fourth-order valence-corrected chi connectivity index (χ4v) is 5.30. The van der Waals surface area contributed by atoms with Gasteiger partial charge in [0.2, 0.25) is 10.0 Å². The van der Waals surface area contributed by atoms with Crippen LogP contribution in [0.3, 0.4) is 0 Å². The normalized spacial score (nSPS) is 20.0. The summed E-state index contributed by atoms with van der Waals surface area (Å²) >= 11 is 0. The zero-order valence-corrected chi connectivity index (χ0v) is 14.2. The van der Waals surface area contributed by atoms with Gasteiger partial charge in [0.1, 0.15) is 4.90 Å². The van der Waals surface area contributed by atoms with Gasteiger partial charge in [0, 0.05) is 12.8 Å². The molecule has 0 amide bonds. The maximum atomic E-state index is 12.4. The standard InChI is InChI=1S/C14H22N2O4S2/c1-21(17,18)13-6-2-3-7-14(13)22(19,20)16-10-8-12-5-4-9-15-11-12/h2-3,6-7,12,15-16H,4-5,8-11H2,1H3/t12-/m0/s1. The Labute approximate surface area is 132 Å². The summed E-state index contributed by atoms with van der Waals surface area (Å²) in [5, 5.41) is 3.29. The second-order valence-corrected chi connectivity index (χ2v) is 9.34. The summed E-state index contributed by atoms with van der Waals surface area (Å²) in [5.41, 5.74) is 0. The van der Waals surface area contributed by atoms with Gasteiger partial charge in [0.25, 0.3) is 0 Å². The van der Waals surface area contributed by atoms with Gasteiger partial charge in [-0.3, -0.25) is 0 Å². The van der Waals surface area contributed by atoms with Gasteiger partial charge in [0.15, 0.2) is 9.84 Å². The van der Waals surface area contributed by atoms with Crippen molar-refractivity contribution in [3.63, 3.8) is 0 Å². The van der Waals surface area contributed by atoms with E-state index in [1.165, 1.54) is 24.3 Å². The quantitative estimate of drug-likeness (QED) is 0.793. The molecule has 0 unspecified atom stereocenters. The van der Waals surface area contributed by atoms with Crippen LogP contribution in [0.5, 0.6) is 0 Å². The van der Waals surface area contributed by atoms with Gasteiger partial charge in [-0.1, -0.05) is 12.1 Å². The van der Waals surface area contributed by atoms with Crippen molar-refractivity contribution in [2.24, 2.45) is 5.92 Å². The lowest BCUT2D eigenvalue weighted by Crippen LogP contribution is -2.33. The van der Waals surface area contributed by atoms with E-state index in [1.54, 1.807) is 0 Å². The number of rotatable bonds is 6. The van der Waals surface area contributed by atoms with Crippen LogP contribution >= 0.6 is 0 Å². The van der Waals surface area contributed by atoms with Gasteiger partial charge in [-0.15, -0.1) is 0 Å². The number of piperidine rings is 1. The molecular formula is C14H22N2O4S2. The summed E-state index contributed by atoms with van der Waals surface area (Å²) in [5.74, 6) is 0.460. The Morgan fingerprint density at radius 2 is 1.86 bits per heavy atom. The van der Waals surface area contributed by atoms with Crippen LogP contribution in [0.4, 0.5) is 0 Å². The highest BCUT2D eigenvalue weighted by molar-refractivity contribution is 7.93. The van der Waals surface area contributed by atoms with Crippen LogP contribution in [-0.4, -0.2) is 42.7 Å². The molecule has 1 aliphatic heterocycles. The van der Waals surface area contributed by atoms with Crippen molar-refractivity contribution >= 4 is 19.9 Å². The fourth-order valence-electron chi connectivity index (χ4n) is 2.62. The van der Waals surface area contributed by atoms with Gasteiger partial charge < -0.3 is 5.32 Å². The minimum absolute atomic E-state index is 0.165. The molecule has 0 saturated carbocycles. The zero-order valence-electron chi connectivity index (χ0n) is 12.6. The molecule has 1 heterocycles. The van der Waals surface area contributed by atoms with Crippen molar-refractivity contribution in [1.82, 2.24) is 10.0 Å². The van der Waals surface area contributed by atoms with E-state index in [0.29, 0.717) is 12.5 Å². The van der Waals surface area contributed by atoms with Crippen LogP contribution in [0.25, 0.3) is 0 Å². The molecular weight excluding hydrogens is 324 g/mol. The molecule has 1 aromatic rings. The lowest BCUT2D eigenvalue weighted by molar-refractivity contribution is 0.358. The molecule has 22 heavy (non-hydrogen) atoms. The van der Waals surface area contributed by atoms with Crippen molar-refractivity contribution in [2.45, 2.75) is 29.1 Å². The Morgan fingerprint density at radius 1 is 1.18 bits per heavy atom. The second kappa shape index (κ2) is 7.08. The number of sulfonamides is 1. The third-order valence-corrected chi connectivity index (χ3v) is 6.59. The van der Waals surface area contributed by atoms with Gasteiger partial charge in [-0.2, -0.15) is 0 Å². The molecule has 1 aliphatic rings. The van der Waals surface area contributed by atoms with E-state index >= 15 is 0 Å². The highest BCUT2D eigenvalue weighted by Crippen LogP contribution is 2.20. The number of hydrogen-bond donors (Lipinski definition) is 2. The van der Waals surface area contributed by atoms with Crippen molar-refractivity contribution in [3.8, 4) is 0 Å². The van der Waals surface area contributed by atoms with E-state index in [1.807, 2.05) is 0 Å². The van der Waals surface area contributed by atoms with Gasteiger partial charge >= 0.3 is 0 Å². The third-order valence-electron chi connectivity index (χ3n) is 3.78. The Morgan fingerprint density at radius 3 is 2.45 bits per heavy atom. The molecule has 6 nitrogen and oxygen atoms in total. The molecule has 1 saturated heterocycles. The van der Waals surface area contributed by atoms with E-state index in [9.17, 15) is 16.8 Å². The van der Waals surface area contributed by atoms with Crippen molar-refractivity contribution in [1.29, 1.82) is 0 Å². The topological polar surface area (TPSA) is 92.3 Å². The maximum Gasteiger partial charge on any atom is 0.241 e. The Hall–Kier alpha value is -0.960. The first-order chi connectivity index (χ1) is 10.3. The summed E-state index contributed by atoms with van der Waals surface area (Å²) < 4.78 is 50.7. The van der Waals surface area contributed by atoms with Crippen LogP contribution in [-0.2, 0) is 19.9 Å². The van der Waals surface area contributed by atoms with E-state index < -0.39 is 19.9 Å². The molecule has 0 aliphatic carbocycles. The molecule has 0 aromatic heterocycles. The molecule has 8 heteroatoms. The largest absolute Gasteiger partial charge is 0.316 e. The molecule has 1 fully saturated rings. The summed E-state index contributed by atoms with van der Waals surface area (Å²) in [4.78, 5) is -0.346. The molecule has 0 bridgehead atoms. The summed E-state index contributed by atoms with van der Waals surface area (Å²) in [6.07, 6.45) is 3.95. The third kappa shape index (κ3) is 4.52. The van der Waals surface area contributed by atoms with E-state index in [4.69, 9.17) is 0 Å². The number of nitrogens with one attached hydrogen (secondary N) is 2. The van der Waals surface area contributed by atoms with Gasteiger partial charge in [-0.25, -0.2) is 21.6 Å². The van der Waals surface area contributed by atoms with Crippen molar-refractivity contribution < 1.29 is 16.8 Å². The van der Waals surface area contributed by atoms with Crippen LogP contribution in [0.1, 0.15) is 19.3 Å². The molecule has 1 aromatic carbocycles. The average molecular weight is 346 g/mol. The average Bonchev–Trinajstić information content (AvgIpc) is 2.47. The summed E-state index contributed by atoms with van der Waals surface area (Å²) in [6, 6.07) is 5.67. The van der Waals surface area contributed by atoms with E-state index in [-0.39, 0.29) is 9.79 Å². The zero-order chi connectivity index (χ0) is 16.2. The molecule has 0 radical (unpaired) electrons. The Kier molecular flexibility index (Phi) is 5.60. The van der Waals surface area contributed by atoms with Crippen molar-refractivity contribution in [2.75, 3.05) is 25.9 Å². The monoisotopic (exact) mass is 346 g/mol. The van der Waals surface area contributed by atoms with E-state index in [2.05, 4.69) is 10.0 Å². The van der Waals surface area contributed by atoms with Gasteiger partial charge in [0.05, 0.1) is 4.90 Å². The van der Waals surface area contributed by atoms with Crippen LogP contribution in [0.2, 0.25) is 0 Å². The van der Waals surface area contributed by atoms with Crippen LogP contribution in [0, 0.1) is 5.92 Å². The highest BCUT2D eigenvalue weighted by Gasteiger charge is 2.23. The van der Waals surface area contributed by atoms with Crippen LogP contribution in [0.15, 0.2) is 34.1 Å². The predicted molar refractivity (Wildman–Crippen MR) is 85.0 cm³/mol.